The van der Waals surface area contributed by atoms with E-state index in [-0.39, 0.29) is 22.0 Å². The minimum absolute atomic E-state index is 0.0207. The number of halogens is 1. The van der Waals surface area contributed by atoms with Crippen molar-refractivity contribution in [2.75, 3.05) is 20.3 Å². The van der Waals surface area contributed by atoms with Crippen molar-refractivity contribution in [2.45, 2.75) is 6.42 Å². The molecule has 1 N–H and O–H groups in total. The largest absolute Gasteiger partial charge is 0.457 e. The fourth-order valence-electron chi connectivity index (χ4n) is 2.20. The molecular formula is C18H16ClN3O5. The number of nitro groups is 1. The zero-order valence-corrected chi connectivity index (χ0v) is 15.2. The molecule has 0 fully saturated rings. The van der Waals surface area contributed by atoms with Gasteiger partial charge in [-0.1, -0.05) is 11.6 Å². The third-order valence-electron chi connectivity index (χ3n) is 3.52. The lowest BCUT2D eigenvalue weighted by molar-refractivity contribution is -0.384. The molecule has 9 heteroatoms. The molecule has 0 radical (unpaired) electrons. The van der Waals surface area contributed by atoms with Gasteiger partial charge in [-0.2, -0.15) is 5.26 Å². The minimum Gasteiger partial charge on any atom is -0.457 e. The van der Waals surface area contributed by atoms with E-state index < -0.39 is 10.8 Å². The molecule has 1 aromatic heterocycles. The third-order valence-corrected chi connectivity index (χ3v) is 3.84. The van der Waals surface area contributed by atoms with Crippen molar-refractivity contribution < 1.29 is 18.9 Å². The Labute approximate surface area is 160 Å². The Hall–Kier alpha value is -3.15. The second-order valence-electron chi connectivity index (χ2n) is 5.40. The van der Waals surface area contributed by atoms with Crippen LogP contribution in [0.2, 0.25) is 5.02 Å². The van der Waals surface area contributed by atoms with E-state index in [9.17, 15) is 20.2 Å². The van der Waals surface area contributed by atoms with E-state index >= 15 is 0 Å². The summed E-state index contributed by atoms with van der Waals surface area (Å²) in [5.41, 5.74) is 0.0967. The van der Waals surface area contributed by atoms with E-state index in [2.05, 4.69) is 5.32 Å². The Balaban J connectivity index is 2.18. The molecule has 1 aromatic carbocycles. The van der Waals surface area contributed by atoms with Gasteiger partial charge >= 0.3 is 0 Å². The first-order chi connectivity index (χ1) is 13.0. The lowest BCUT2D eigenvalue weighted by Gasteiger charge is -2.03. The van der Waals surface area contributed by atoms with Crippen LogP contribution in [0.3, 0.4) is 0 Å². The highest BCUT2D eigenvalue weighted by Crippen LogP contribution is 2.31. The number of carbonyl (C=O) groups excluding carboxylic acids is 1. The maximum absolute atomic E-state index is 12.0. The quantitative estimate of drug-likeness (QED) is 0.242. The maximum Gasteiger partial charge on any atom is 0.288 e. The number of amides is 1. The van der Waals surface area contributed by atoms with E-state index in [0.29, 0.717) is 30.9 Å². The van der Waals surface area contributed by atoms with Gasteiger partial charge in [-0.05, 0) is 30.7 Å². The molecule has 27 heavy (non-hydrogen) atoms. The predicted octanol–water partition coefficient (Wildman–Crippen LogP) is 3.57. The number of benzene rings is 1. The van der Waals surface area contributed by atoms with Gasteiger partial charge in [0, 0.05) is 38.0 Å². The summed E-state index contributed by atoms with van der Waals surface area (Å²) in [6.07, 6.45) is 1.93. The molecule has 0 unspecified atom stereocenters. The first-order valence-electron chi connectivity index (χ1n) is 7.89. The van der Waals surface area contributed by atoms with Crippen molar-refractivity contribution in [3.05, 3.63) is 56.8 Å². The maximum atomic E-state index is 12.0. The molecule has 2 rings (SSSR count). The summed E-state index contributed by atoms with van der Waals surface area (Å²) in [6.45, 7) is 0.879. The van der Waals surface area contributed by atoms with Crippen molar-refractivity contribution >= 4 is 29.3 Å². The Morgan fingerprint density at radius 1 is 1.44 bits per heavy atom. The van der Waals surface area contributed by atoms with Crippen molar-refractivity contribution in [2.24, 2.45) is 0 Å². The van der Waals surface area contributed by atoms with Gasteiger partial charge in [-0.15, -0.1) is 0 Å². The van der Waals surface area contributed by atoms with Crippen molar-refractivity contribution in [1.29, 1.82) is 5.26 Å². The van der Waals surface area contributed by atoms with E-state index in [1.807, 2.05) is 6.07 Å². The number of nitrogens with zero attached hydrogens (tertiary/aromatic N) is 2. The molecule has 2 aromatic rings. The molecule has 140 valence electrons. The molecule has 1 amide bonds. The normalized spacial score (nSPS) is 11.1. The third kappa shape index (κ3) is 5.41. The molecule has 0 atom stereocenters. The van der Waals surface area contributed by atoms with Crippen LogP contribution in [0.4, 0.5) is 5.69 Å². The topological polar surface area (TPSA) is 118 Å². The number of nitriles is 1. The van der Waals surface area contributed by atoms with Crippen LogP contribution < -0.4 is 5.32 Å². The Morgan fingerprint density at radius 3 is 2.89 bits per heavy atom. The fourth-order valence-corrected chi connectivity index (χ4v) is 2.38. The fraction of sp³-hybridized carbons (Fsp3) is 0.222. The first kappa shape index (κ1) is 20.2. The highest BCUT2D eigenvalue weighted by molar-refractivity contribution is 6.32. The van der Waals surface area contributed by atoms with Crippen molar-refractivity contribution in [1.82, 2.24) is 5.32 Å². The Kier molecular flexibility index (Phi) is 7.11. The monoisotopic (exact) mass is 389 g/mol. The number of nitrogens with one attached hydrogen (secondary N) is 1. The van der Waals surface area contributed by atoms with Crippen LogP contribution in [-0.4, -0.2) is 31.1 Å². The van der Waals surface area contributed by atoms with Gasteiger partial charge in [0.1, 0.15) is 28.2 Å². The summed E-state index contributed by atoms with van der Waals surface area (Å²) in [5.74, 6) is 0.0960. The average molecular weight is 390 g/mol. The van der Waals surface area contributed by atoms with Crippen LogP contribution in [0.5, 0.6) is 0 Å². The lowest BCUT2D eigenvalue weighted by Crippen LogP contribution is -2.26. The average Bonchev–Trinajstić information content (AvgIpc) is 3.12. The molecule has 0 saturated carbocycles. The Morgan fingerprint density at radius 2 is 2.22 bits per heavy atom. The highest BCUT2D eigenvalue weighted by Gasteiger charge is 2.15. The van der Waals surface area contributed by atoms with Crippen LogP contribution in [0.1, 0.15) is 12.2 Å². The van der Waals surface area contributed by atoms with Gasteiger partial charge in [0.2, 0.25) is 0 Å². The molecule has 0 aliphatic heterocycles. The molecule has 0 spiro atoms. The Bertz CT molecular complexity index is 914. The number of furan rings is 1. The van der Waals surface area contributed by atoms with Gasteiger partial charge in [0.05, 0.1) is 4.92 Å². The second kappa shape index (κ2) is 9.52. The number of rotatable bonds is 8. The molecule has 0 bridgehead atoms. The van der Waals surface area contributed by atoms with E-state index in [1.165, 1.54) is 18.2 Å². The van der Waals surface area contributed by atoms with Crippen LogP contribution in [-0.2, 0) is 9.53 Å². The number of carbonyl (C=O) groups is 1. The molecule has 0 saturated heterocycles. The van der Waals surface area contributed by atoms with Gasteiger partial charge in [-0.3, -0.25) is 14.9 Å². The SMILES string of the molecule is COCCCNC(=O)/C(C#N)=C/c1ccc(-c2ccc(Cl)c([N+](=O)[O-])c2)o1. The van der Waals surface area contributed by atoms with Crippen molar-refractivity contribution in [3.8, 4) is 17.4 Å². The first-order valence-corrected chi connectivity index (χ1v) is 8.27. The van der Waals surface area contributed by atoms with E-state index in [0.717, 1.165) is 0 Å². The number of hydrogen-bond acceptors (Lipinski definition) is 6. The summed E-state index contributed by atoms with van der Waals surface area (Å²) in [7, 11) is 1.56. The van der Waals surface area contributed by atoms with Gasteiger partial charge in [-0.25, -0.2) is 0 Å². The molecule has 0 aliphatic rings. The van der Waals surface area contributed by atoms with Gasteiger partial charge in [0.25, 0.3) is 11.6 Å². The molecule has 8 nitrogen and oxygen atoms in total. The number of nitro benzene ring substituents is 1. The van der Waals surface area contributed by atoms with E-state index in [1.54, 1.807) is 25.3 Å². The van der Waals surface area contributed by atoms with Crippen LogP contribution in [0.25, 0.3) is 17.4 Å². The molecule has 1 heterocycles. The van der Waals surface area contributed by atoms with Gasteiger partial charge in [0.15, 0.2) is 0 Å². The lowest BCUT2D eigenvalue weighted by atomic mass is 10.1. The summed E-state index contributed by atoms with van der Waals surface area (Å²) in [5, 5.41) is 22.8. The zero-order valence-electron chi connectivity index (χ0n) is 14.4. The zero-order chi connectivity index (χ0) is 19.8. The van der Waals surface area contributed by atoms with Crippen LogP contribution >= 0.6 is 11.6 Å². The molecular weight excluding hydrogens is 374 g/mol. The number of hydrogen-bond donors (Lipinski definition) is 1. The minimum atomic E-state index is -0.586. The molecule has 0 aliphatic carbocycles. The van der Waals surface area contributed by atoms with E-state index in [4.69, 9.17) is 20.8 Å². The second-order valence-corrected chi connectivity index (χ2v) is 5.80. The van der Waals surface area contributed by atoms with Crippen LogP contribution in [0.15, 0.2) is 40.3 Å². The van der Waals surface area contributed by atoms with Crippen molar-refractivity contribution in [3.63, 3.8) is 0 Å². The standard InChI is InChI=1S/C18H16ClN3O5/c1-26-8-2-7-21-18(23)13(11-20)9-14-4-6-17(27-14)12-3-5-15(19)16(10-12)22(24)25/h3-6,9-10H,2,7-8H2,1H3,(H,21,23)/b13-9+. The summed E-state index contributed by atoms with van der Waals surface area (Å²) in [6, 6.07) is 9.25. The highest BCUT2D eigenvalue weighted by atomic mass is 35.5. The smallest absolute Gasteiger partial charge is 0.288 e. The predicted molar refractivity (Wildman–Crippen MR) is 98.9 cm³/mol. The number of ether oxygens (including phenoxy) is 1. The van der Waals surface area contributed by atoms with Crippen LogP contribution in [0, 0.1) is 21.4 Å². The summed E-state index contributed by atoms with van der Waals surface area (Å²) in [4.78, 5) is 22.4. The number of methoxy groups -OCH3 is 1. The summed E-state index contributed by atoms with van der Waals surface area (Å²) >= 11 is 5.80. The van der Waals surface area contributed by atoms with Gasteiger partial charge < -0.3 is 14.5 Å². The summed E-state index contributed by atoms with van der Waals surface area (Å²) < 4.78 is 10.5.